The molecule has 19 heavy (non-hydrogen) atoms. The molecule has 0 saturated carbocycles. The maximum atomic E-state index is 13.2. The first-order valence-corrected chi connectivity index (χ1v) is 7.42. The molecule has 1 N–H and O–H groups in total. The Balaban J connectivity index is 1.83. The number of halogens is 2. The number of aryl methyl sites for hydroxylation is 1. The van der Waals surface area contributed by atoms with Crippen molar-refractivity contribution in [2.75, 3.05) is 5.32 Å². The Morgan fingerprint density at radius 2 is 2.32 bits per heavy atom. The summed E-state index contributed by atoms with van der Waals surface area (Å²) < 4.78 is 15.7. The number of hydrogen-bond acceptors (Lipinski definition) is 3. The SMILES string of the molecule is Cc1nc2sccn2c1CNc1ccc(F)c(Br)c1. The van der Waals surface area contributed by atoms with Gasteiger partial charge in [-0.05, 0) is 41.1 Å². The van der Waals surface area contributed by atoms with Crippen molar-refractivity contribution in [2.45, 2.75) is 13.5 Å². The number of aromatic nitrogens is 2. The first-order chi connectivity index (χ1) is 9.15. The van der Waals surface area contributed by atoms with Gasteiger partial charge < -0.3 is 5.32 Å². The van der Waals surface area contributed by atoms with Gasteiger partial charge in [0, 0.05) is 17.3 Å². The van der Waals surface area contributed by atoms with E-state index < -0.39 is 0 Å². The van der Waals surface area contributed by atoms with Crippen LogP contribution in [0.5, 0.6) is 0 Å². The molecule has 0 aliphatic heterocycles. The third kappa shape index (κ3) is 2.37. The lowest BCUT2D eigenvalue weighted by Gasteiger charge is -2.07. The Morgan fingerprint density at radius 3 is 3.11 bits per heavy atom. The number of anilines is 1. The summed E-state index contributed by atoms with van der Waals surface area (Å²) in [5.74, 6) is -0.258. The lowest BCUT2D eigenvalue weighted by molar-refractivity contribution is 0.621. The fourth-order valence-electron chi connectivity index (χ4n) is 1.95. The molecule has 3 aromatic rings. The van der Waals surface area contributed by atoms with Crippen LogP contribution < -0.4 is 5.32 Å². The van der Waals surface area contributed by atoms with Gasteiger partial charge in [0.2, 0.25) is 0 Å². The fraction of sp³-hybridized carbons (Fsp3) is 0.154. The molecule has 6 heteroatoms. The number of nitrogens with zero attached hydrogens (tertiary/aromatic N) is 2. The van der Waals surface area contributed by atoms with Gasteiger partial charge in [-0.1, -0.05) is 0 Å². The van der Waals surface area contributed by atoms with E-state index >= 15 is 0 Å². The van der Waals surface area contributed by atoms with Gasteiger partial charge in [0.15, 0.2) is 4.96 Å². The van der Waals surface area contributed by atoms with Gasteiger partial charge >= 0.3 is 0 Å². The molecule has 98 valence electrons. The van der Waals surface area contributed by atoms with E-state index in [9.17, 15) is 4.39 Å². The molecular weight excluding hydrogens is 329 g/mol. The molecule has 0 spiro atoms. The summed E-state index contributed by atoms with van der Waals surface area (Å²) in [6, 6.07) is 4.90. The van der Waals surface area contributed by atoms with Crippen LogP contribution in [0.3, 0.4) is 0 Å². The zero-order chi connectivity index (χ0) is 13.4. The van der Waals surface area contributed by atoms with Crippen LogP contribution in [0.15, 0.2) is 34.2 Å². The zero-order valence-electron chi connectivity index (χ0n) is 10.2. The molecule has 3 nitrogen and oxygen atoms in total. The smallest absolute Gasteiger partial charge is 0.194 e. The monoisotopic (exact) mass is 339 g/mol. The molecule has 0 radical (unpaired) electrons. The quantitative estimate of drug-likeness (QED) is 0.774. The number of hydrogen-bond donors (Lipinski definition) is 1. The normalized spacial score (nSPS) is 11.1. The van der Waals surface area contributed by atoms with Gasteiger partial charge in [0.05, 0.1) is 22.4 Å². The van der Waals surface area contributed by atoms with Crippen LogP contribution in [0, 0.1) is 12.7 Å². The molecule has 0 unspecified atom stereocenters. The highest BCUT2D eigenvalue weighted by Crippen LogP contribution is 2.22. The number of fused-ring (bicyclic) bond motifs is 1. The molecule has 0 amide bonds. The van der Waals surface area contributed by atoms with Crippen LogP contribution >= 0.6 is 27.3 Å². The van der Waals surface area contributed by atoms with Crippen molar-refractivity contribution in [3.63, 3.8) is 0 Å². The summed E-state index contributed by atoms with van der Waals surface area (Å²) in [6.07, 6.45) is 2.01. The molecule has 1 aromatic carbocycles. The Labute approximate surface area is 122 Å². The van der Waals surface area contributed by atoms with Gasteiger partial charge in [0.25, 0.3) is 0 Å². The van der Waals surface area contributed by atoms with Crippen molar-refractivity contribution in [1.82, 2.24) is 9.38 Å². The van der Waals surface area contributed by atoms with Crippen LogP contribution in [-0.2, 0) is 6.54 Å². The van der Waals surface area contributed by atoms with Crippen molar-refractivity contribution in [3.05, 3.63) is 51.5 Å². The van der Waals surface area contributed by atoms with Crippen LogP contribution in [0.4, 0.5) is 10.1 Å². The summed E-state index contributed by atoms with van der Waals surface area (Å²) in [4.78, 5) is 5.48. The maximum Gasteiger partial charge on any atom is 0.194 e. The lowest BCUT2D eigenvalue weighted by Crippen LogP contribution is -2.03. The van der Waals surface area contributed by atoms with Gasteiger partial charge in [-0.25, -0.2) is 9.37 Å². The van der Waals surface area contributed by atoms with Crippen LogP contribution in [-0.4, -0.2) is 9.38 Å². The van der Waals surface area contributed by atoms with Crippen molar-refractivity contribution in [2.24, 2.45) is 0 Å². The second kappa shape index (κ2) is 4.94. The Morgan fingerprint density at radius 1 is 1.47 bits per heavy atom. The van der Waals surface area contributed by atoms with Crippen molar-refractivity contribution >= 4 is 37.9 Å². The molecule has 2 aromatic heterocycles. The van der Waals surface area contributed by atoms with Crippen molar-refractivity contribution in [1.29, 1.82) is 0 Å². The van der Waals surface area contributed by atoms with Gasteiger partial charge in [-0.2, -0.15) is 0 Å². The molecule has 0 saturated heterocycles. The minimum Gasteiger partial charge on any atom is -0.379 e. The number of imidazole rings is 1. The van der Waals surface area contributed by atoms with Gasteiger partial charge in [0.1, 0.15) is 5.82 Å². The predicted molar refractivity (Wildman–Crippen MR) is 79.2 cm³/mol. The first-order valence-electron chi connectivity index (χ1n) is 5.75. The number of thiazole rings is 1. The molecule has 0 aliphatic rings. The van der Waals surface area contributed by atoms with Crippen LogP contribution in [0.1, 0.15) is 11.4 Å². The summed E-state index contributed by atoms with van der Waals surface area (Å²) in [5, 5.41) is 5.30. The topological polar surface area (TPSA) is 29.3 Å². The highest BCUT2D eigenvalue weighted by molar-refractivity contribution is 9.10. The molecule has 0 atom stereocenters. The molecular formula is C13H11BrFN3S. The van der Waals surface area contributed by atoms with E-state index in [2.05, 4.69) is 30.6 Å². The summed E-state index contributed by atoms with van der Waals surface area (Å²) in [5.41, 5.74) is 3.01. The summed E-state index contributed by atoms with van der Waals surface area (Å²) in [6.45, 7) is 2.65. The molecule has 0 fully saturated rings. The Hall–Kier alpha value is -1.40. The maximum absolute atomic E-state index is 13.2. The zero-order valence-corrected chi connectivity index (χ0v) is 12.6. The lowest BCUT2D eigenvalue weighted by atomic mass is 10.3. The first kappa shape index (κ1) is 12.6. The highest BCUT2D eigenvalue weighted by Gasteiger charge is 2.09. The van der Waals surface area contributed by atoms with E-state index in [1.807, 2.05) is 18.5 Å². The van der Waals surface area contributed by atoms with Gasteiger partial charge in [-0.15, -0.1) is 11.3 Å². The van der Waals surface area contributed by atoms with E-state index in [4.69, 9.17) is 0 Å². The van der Waals surface area contributed by atoms with E-state index in [0.717, 1.165) is 22.0 Å². The van der Waals surface area contributed by atoms with Crippen LogP contribution in [0.25, 0.3) is 4.96 Å². The Kier molecular flexibility index (Phi) is 3.28. The second-order valence-electron chi connectivity index (χ2n) is 4.18. The summed E-state index contributed by atoms with van der Waals surface area (Å²) >= 11 is 4.80. The average Bonchev–Trinajstić information content (AvgIpc) is 2.92. The largest absolute Gasteiger partial charge is 0.379 e. The standard InChI is InChI=1S/C13H11BrFN3S/c1-8-12(18-4-5-19-13(18)17-8)7-16-9-2-3-11(15)10(14)6-9/h2-6,16H,7H2,1H3. The fourth-order valence-corrected chi connectivity index (χ4v) is 3.10. The minimum atomic E-state index is -0.258. The van der Waals surface area contributed by atoms with E-state index in [1.54, 1.807) is 23.5 Å². The van der Waals surface area contributed by atoms with Gasteiger partial charge in [-0.3, -0.25) is 4.40 Å². The number of rotatable bonds is 3. The third-order valence-corrected chi connectivity index (χ3v) is 4.31. The number of nitrogens with one attached hydrogen (secondary N) is 1. The molecule has 3 rings (SSSR count). The van der Waals surface area contributed by atoms with Crippen molar-refractivity contribution in [3.8, 4) is 0 Å². The van der Waals surface area contributed by atoms with E-state index in [0.29, 0.717) is 11.0 Å². The summed E-state index contributed by atoms with van der Waals surface area (Å²) in [7, 11) is 0. The van der Waals surface area contributed by atoms with Crippen LogP contribution in [0.2, 0.25) is 0 Å². The predicted octanol–water partition coefficient (Wildman–Crippen LogP) is 4.22. The average molecular weight is 340 g/mol. The molecule has 0 aliphatic carbocycles. The Bertz CT molecular complexity index is 735. The highest BCUT2D eigenvalue weighted by atomic mass is 79.9. The number of benzene rings is 1. The van der Waals surface area contributed by atoms with Crippen molar-refractivity contribution < 1.29 is 4.39 Å². The van der Waals surface area contributed by atoms with E-state index in [-0.39, 0.29) is 5.82 Å². The second-order valence-corrected chi connectivity index (χ2v) is 5.91. The minimum absolute atomic E-state index is 0.258. The third-order valence-electron chi connectivity index (χ3n) is 2.94. The molecule has 0 bridgehead atoms. The molecule has 2 heterocycles. The van der Waals surface area contributed by atoms with E-state index in [1.165, 1.54) is 6.07 Å².